The minimum absolute atomic E-state index is 0.163. The summed E-state index contributed by atoms with van der Waals surface area (Å²) in [4.78, 5) is 3.03. The van der Waals surface area contributed by atoms with Crippen LogP contribution < -0.4 is 0 Å². The van der Waals surface area contributed by atoms with Crippen molar-refractivity contribution in [2.45, 2.75) is 11.0 Å². The summed E-state index contributed by atoms with van der Waals surface area (Å²) >= 11 is 11.1. The highest BCUT2D eigenvalue weighted by atomic mass is 35.5. The lowest BCUT2D eigenvalue weighted by Gasteiger charge is -2.05. The monoisotopic (exact) mass is 268 g/mol. The quantitative estimate of drug-likeness (QED) is 0.719. The second kappa shape index (κ2) is 3.82. The molecule has 2 nitrogen and oxygen atoms in total. The van der Waals surface area contributed by atoms with Gasteiger partial charge in [0.15, 0.2) is 4.84 Å². The van der Waals surface area contributed by atoms with Gasteiger partial charge < -0.3 is 4.40 Å². The highest BCUT2D eigenvalue weighted by Crippen LogP contribution is 2.30. The van der Waals surface area contributed by atoms with Crippen LogP contribution >= 0.6 is 23.2 Å². The van der Waals surface area contributed by atoms with Gasteiger partial charge in [0, 0.05) is 12.4 Å². The second-order valence-electron chi connectivity index (χ2n) is 3.15. The number of fused-ring (bicyclic) bond motifs is 1. The summed E-state index contributed by atoms with van der Waals surface area (Å²) in [6.45, 7) is 0. The van der Waals surface area contributed by atoms with E-state index in [9.17, 15) is 13.2 Å². The molecule has 2 heterocycles. The zero-order chi connectivity index (χ0) is 11.9. The largest absolute Gasteiger partial charge is 0.416 e. The van der Waals surface area contributed by atoms with Crippen LogP contribution in [0.4, 0.5) is 13.2 Å². The van der Waals surface area contributed by atoms with Crippen molar-refractivity contribution in [3.63, 3.8) is 0 Å². The Kier molecular flexibility index (Phi) is 2.75. The third-order valence-electron chi connectivity index (χ3n) is 2.03. The molecule has 7 heteroatoms. The molecule has 0 bridgehead atoms. The smallest absolute Gasteiger partial charge is 0.307 e. The van der Waals surface area contributed by atoms with Crippen molar-refractivity contribution >= 4 is 28.8 Å². The maximum absolute atomic E-state index is 12.4. The minimum atomic E-state index is -4.38. The summed E-state index contributed by atoms with van der Waals surface area (Å²) < 4.78 is 38.6. The van der Waals surface area contributed by atoms with E-state index in [1.165, 1.54) is 16.8 Å². The summed E-state index contributed by atoms with van der Waals surface area (Å²) in [7, 11) is 0. The maximum atomic E-state index is 12.4. The topological polar surface area (TPSA) is 17.3 Å². The van der Waals surface area contributed by atoms with Gasteiger partial charge in [-0.25, -0.2) is 4.98 Å². The molecule has 0 amide bonds. The first-order chi connectivity index (χ1) is 7.38. The molecule has 0 saturated heterocycles. The number of hydrogen-bond donors (Lipinski definition) is 0. The molecule has 0 aliphatic carbocycles. The Bertz CT molecular complexity index is 519. The fourth-order valence-electron chi connectivity index (χ4n) is 1.28. The molecule has 0 atom stereocenters. The van der Waals surface area contributed by atoms with Gasteiger partial charge in [-0.3, -0.25) is 0 Å². The molecular formula is C9H5Cl2F3N2. The first-order valence-electron chi connectivity index (χ1n) is 4.22. The summed E-state index contributed by atoms with van der Waals surface area (Å²) in [5.74, 6) is 0. The Labute approximate surface area is 98.6 Å². The van der Waals surface area contributed by atoms with Crippen LogP contribution in [0.15, 0.2) is 24.5 Å². The number of aromatic nitrogens is 2. The number of nitrogens with zero attached hydrogens (tertiary/aromatic N) is 2. The first-order valence-corrected chi connectivity index (χ1v) is 5.09. The molecule has 0 N–H and O–H groups in total. The molecule has 0 aromatic carbocycles. The van der Waals surface area contributed by atoms with Crippen LogP contribution in [0.1, 0.15) is 16.1 Å². The lowest BCUT2D eigenvalue weighted by molar-refractivity contribution is -0.137. The molecule has 0 radical (unpaired) electrons. The zero-order valence-electron chi connectivity index (χ0n) is 7.67. The van der Waals surface area contributed by atoms with Gasteiger partial charge in [0.2, 0.25) is 0 Å². The van der Waals surface area contributed by atoms with Gasteiger partial charge in [-0.15, -0.1) is 0 Å². The van der Waals surface area contributed by atoms with Gasteiger partial charge in [0.1, 0.15) is 5.65 Å². The summed E-state index contributed by atoms with van der Waals surface area (Å²) in [6.07, 6.45) is -1.62. The van der Waals surface area contributed by atoms with Gasteiger partial charge in [0.05, 0.1) is 11.3 Å². The van der Waals surface area contributed by atoms with Crippen molar-refractivity contribution in [3.8, 4) is 0 Å². The molecule has 2 aromatic rings. The van der Waals surface area contributed by atoms with E-state index in [0.29, 0.717) is 5.69 Å². The molecule has 0 aliphatic rings. The number of rotatable bonds is 1. The van der Waals surface area contributed by atoms with Crippen LogP contribution in [0, 0.1) is 0 Å². The maximum Gasteiger partial charge on any atom is 0.416 e. The van der Waals surface area contributed by atoms with E-state index >= 15 is 0 Å². The predicted molar refractivity (Wildman–Crippen MR) is 54.6 cm³/mol. The van der Waals surface area contributed by atoms with E-state index in [0.717, 1.165) is 12.1 Å². The summed E-state index contributed by atoms with van der Waals surface area (Å²) in [5.41, 5.74) is -0.267. The number of halogens is 5. The van der Waals surface area contributed by atoms with Crippen molar-refractivity contribution < 1.29 is 13.2 Å². The van der Waals surface area contributed by atoms with E-state index in [2.05, 4.69) is 4.98 Å². The van der Waals surface area contributed by atoms with Crippen LogP contribution in [0.3, 0.4) is 0 Å². The Morgan fingerprint density at radius 2 is 2.00 bits per heavy atom. The molecule has 16 heavy (non-hydrogen) atoms. The summed E-state index contributed by atoms with van der Waals surface area (Å²) in [5, 5.41) is 0. The average molecular weight is 269 g/mol. The van der Waals surface area contributed by atoms with E-state index < -0.39 is 16.6 Å². The van der Waals surface area contributed by atoms with Crippen LogP contribution in [-0.2, 0) is 6.18 Å². The van der Waals surface area contributed by atoms with E-state index in [1.807, 2.05) is 0 Å². The van der Waals surface area contributed by atoms with E-state index in [1.54, 1.807) is 0 Å². The van der Waals surface area contributed by atoms with Crippen LogP contribution in [0.5, 0.6) is 0 Å². The Balaban J connectivity index is 2.54. The lowest BCUT2D eigenvalue weighted by atomic mass is 10.2. The van der Waals surface area contributed by atoms with Crippen molar-refractivity contribution in [2.75, 3.05) is 0 Å². The Morgan fingerprint density at radius 1 is 1.31 bits per heavy atom. The van der Waals surface area contributed by atoms with Gasteiger partial charge in [-0.1, -0.05) is 23.2 Å². The molecule has 0 fully saturated rings. The second-order valence-corrected chi connectivity index (χ2v) is 4.24. The third kappa shape index (κ3) is 2.10. The summed E-state index contributed by atoms with van der Waals surface area (Å²) in [6, 6.07) is 1.91. The number of imidazole rings is 1. The van der Waals surface area contributed by atoms with Gasteiger partial charge in [-0.2, -0.15) is 13.2 Å². The predicted octanol–water partition coefficient (Wildman–Crippen LogP) is 3.83. The Hall–Kier alpha value is -0.940. The Morgan fingerprint density at radius 3 is 2.56 bits per heavy atom. The molecule has 0 unspecified atom stereocenters. The van der Waals surface area contributed by atoms with Crippen molar-refractivity contribution in [1.29, 1.82) is 0 Å². The molecule has 0 spiro atoms. The van der Waals surface area contributed by atoms with Gasteiger partial charge in [0.25, 0.3) is 0 Å². The fraction of sp³-hybridized carbons (Fsp3) is 0.222. The standard InChI is InChI=1S/C9H5Cl2F3N2/c10-8(11)6-4-16-2-1-5(9(12,13)14)3-7(16)15-6/h1-4,8H. The molecular weight excluding hydrogens is 264 g/mol. The minimum Gasteiger partial charge on any atom is -0.307 e. The highest BCUT2D eigenvalue weighted by molar-refractivity contribution is 6.43. The SMILES string of the molecule is FC(F)(F)c1ccn2cc(C(Cl)Cl)nc2c1. The zero-order valence-corrected chi connectivity index (χ0v) is 9.18. The molecule has 86 valence electrons. The fourth-order valence-corrected chi connectivity index (χ4v) is 1.49. The number of hydrogen-bond acceptors (Lipinski definition) is 1. The highest BCUT2D eigenvalue weighted by Gasteiger charge is 2.30. The normalized spacial score (nSPS) is 12.6. The van der Waals surface area contributed by atoms with Crippen LogP contribution in [-0.4, -0.2) is 9.38 Å². The average Bonchev–Trinajstić information content (AvgIpc) is 2.58. The van der Waals surface area contributed by atoms with E-state index in [4.69, 9.17) is 23.2 Å². The lowest BCUT2D eigenvalue weighted by Crippen LogP contribution is -2.05. The van der Waals surface area contributed by atoms with Gasteiger partial charge >= 0.3 is 6.18 Å². The molecule has 2 aromatic heterocycles. The van der Waals surface area contributed by atoms with E-state index in [-0.39, 0.29) is 5.65 Å². The number of alkyl halides is 5. The number of pyridine rings is 1. The first kappa shape index (κ1) is 11.5. The van der Waals surface area contributed by atoms with Crippen molar-refractivity contribution in [1.82, 2.24) is 9.38 Å². The van der Waals surface area contributed by atoms with Gasteiger partial charge in [-0.05, 0) is 12.1 Å². The molecule has 0 aliphatic heterocycles. The van der Waals surface area contributed by atoms with Crippen molar-refractivity contribution in [3.05, 3.63) is 35.8 Å². The van der Waals surface area contributed by atoms with Crippen LogP contribution in [0.2, 0.25) is 0 Å². The van der Waals surface area contributed by atoms with Crippen molar-refractivity contribution in [2.24, 2.45) is 0 Å². The third-order valence-corrected chi connectivity index (χ3v) is 2.48. The molecule has 2 rings (SSSR count). The molecule has 0 saturated carbocycles. The van der Waals surface area contributed by atoms with Crippen LogP contribution in [0.25, 0.3) is 5.65 Å².